The van der Waals surface area contributed by atoms with E-state index in [0.29, 0.717) is 18.3 Å². The summed E-state index contributed by atoms with van der Waals surface area (Å²) in [5, 5.41) is 7.23. The largest absolute Gasteiger partial charge is 0.388 e. The van der Waals surface area contributed by atoms with Crippen molar-refractivity contribution in [3.8, 4) is 0 Å². The first-order chi connectivity index (χ1) is 6.99. The van der Waals surface area contributed by atoms with Gasteiger partial charge in [0.25, 0.3) is 0 Å². The second kappa shape index (κ2) is 5.50. The van der Waals surface area contributed by atoms with Crippen molar-refractivity contribution in [1.82, 2.24) is 4.90 Å². The molecule has 0 aromatic heterocycles. The van der Waals surface area contributed by atoms with Gasteiger partial charge in [0.2, 0.25) is 0 Å². The van der Waals surface area contributed by atoms with Crippen LogP contribution in [0.15, 0.2) is 0 Å². The highest BCUT2D eigenvalue weighted by molar-refractivity contribution is 5.76. The zero-order chi connectivity index (χ0) is 11.4. The smallest absolute Gasteiger partial charge is 0.0918 e. The average molecular weight is 211 g/mol. The van der Waals surface area contributed by atoms with Gasteiger partial charge in [0.1, 0.15) is 0 Å². The van der Waals surface area contributed by atoms with Crippen LogP contribution < -0.4 is 5.73 Å². The van der Waals surface area contributed by atoms with Gasteiger partial charge in [-0.25, -0.2) is 0 Å². The molecule has 2 unspecified atom stereocenters. The molecular weight excluding hydrogens is 186 g/mol. The Morgan fingerprint density at radius 2 is 1.80 bits per heavy atom. The normalized spacial score (nSPS) is 31.9. The number of nitrogens with two attached hydrogens (primary N) is 1. The SMILES string of the molecule is CC1CC(C)CC(N(C)CCC(=N)N)C1. The standard InChI is InChI=1S/C12H25N3/c1-9-6-10(2)8-11(7-9)15(3)5-4-12(13)14/h9-11H,4-8H2,1-3H3,(H3,13,14). The third-order valence-corrected chi connectivity index (χ3v) is 3.51. The highest BCUT2D eigenvalue weighted by Gasteiger charge is 2.26. The van der Waals surface area contributed by atoms with Crippen molar-refractivity contribution in [2.45, 2.75) is 45.6 Å². The topological polar surface area (TPSA) is 53.1 Å². The maximum Gasteiger partial charge on any atom is 0.0918 e. The molecule has 0 saturated heterocycles. The van der Waals surface area contributed by atoms with Gasteiger partial charge in [-0.2, -0.15) is 0 Å². The molecule has 0 aliphatic heterocycles. The van der Waals surface area contributed by atoms with E-state index >= 15 is 0 Å². The molecule has 2 atom stereocenters. The Morgan fingerprint density at radius 3 is 2.27 bits per heavy atom. The van der Waals surface area contributed by atoms with Gasteiger partial charge < -0.3 is 10.6 Å². The van der Waals surface area contributed by atoms with Crippen molar-refractivity contribution in [3.63, 3.8) is 0 Å². The van der Waals surface area contributed by atoms with Crippen molar-refractivity contribution >= 4 is 5.84 Å². The van der Waals surface area contributed by atoms with E-state index in [1.807, 2.05) is 0 Å². The van der Waals surface area contributed by atoms with Crippen molar-refractivity contribution in [3.05, 3.63) is 0 Å². The van der Waals surface area contributed by atoms with Gasteiger partial charge in [-0.05, 0) is 38.1 Å². The highest BCUT2D eigenvalue weighted by atomic mass is 15.1. The van der Waals surface area contributed by atoms with Crippen LogP contribution in [0, 0.1) is 17.2 Å². The minimum absolute atomic E-state index is 0.304. The highest BCUT2D eigenvalue weighted by Crippen LogP contribution is 2.30. The molecule has 0 bridgehead atoms. The number of nitrogens with zero attached hydrogens (tertiary/aromatic N) is 1. The van der Waals surface area contributed by atoms with E-state index in [9.17, 15) is 0 Å². The lowest BCUT2D eigenvalue weighted by Crippen LogP contribution is -2.39. The van der Waals surface area contributed by atoms with E-state index in [1.165, 1.54) is 19.3 Å². The fourth-order valence-corrected chi connectivity index (χ4v) is 2.74. The Labute approximate surface area is 93.5 Å². The second-order valence-electron chi connectivity index (χ2n) is 5.33. The predicted octanol–water partition coefficient (Wildman–Crippen LogP) is 2.07. The molecule has 0 aromatic rings. The second-order valence-corrected chi connectivity index (χ2v) is 5.33. The molecule has 0 radical (unpaired) electrons. The van der Waals surface area contributed by atoms with Crippen LogP contribution in [0.2, 0.25) is 0 Å². The third kappa shape index (κ3) is 4.20. The summed E-state index contributed by atoms with van der Waals surface area (Å²) in [5.41, 5.74) is 5.38. The lowest BCUT2D eigenvalue weighted by Gasteiger charge is -2.37. The van der Waals surface area contributed by atoms with Crippen LogP contribution in [0.4, 0.5) is 0 Å². The summed E-state index contributed by atoms with van der Waals surface area (Å²) >= 11 is 0. The van der Waals surface area contributed by atoms with Gasteiger partial charge in [-0.3, -0.25) is 5.41 Å². The van der Waals surface area contributed by atoms with E-state index in [1.54, 1.807) is 0 Å². The Balaban J connectivity index is 2.37. The molecule has 3 nitrogen and oxygen atoms in total. The van der Waals surface area contributed by atoms with Crippen LogP contribution in [-0.4, -0.2) is 30.4 Å². The Bertz CT molecular complexity index is 205. The van der Waals surface area contributed by atoms with Crippen molar-refractivity contribution in [2.75, 3.05) is 13.6 Å². The van der Waals surface area contributed by atoms with E-state index in [4.69, 9.17) is 11.1 Å². The molecule has 3 heteroatoms. The summed E-state index contributed by atoms with van der Waals surface area (Å²) in [6.45, 7) is 5.63. The van der Waals surface area contributed by atoms with E-state index in [2.05, 4.69) is 25.8 Å². The number of hydrogen-bond donors (Lipinski definition) is 2. The molecule has 1 rings (SSSR count). The van der Waals surface area contributed by atoms with Gasteiger partial charge in [0.15, 0.2) is 0 Å². The zero-order valence-electron chi connectivity index (χ0n) is 10.3. The van der Waals surface area contributed by atoms with Crippen LogP contribution in [-0.2, 0) is 0 Å². The summed E-state index contributed by atoms with van der Waals surface area (Å²) in [6.07, 6.45) is 4.68. The number of nitrogens with one attached hydrogen (secondary N) is 1. The van der Waals surface area contributed by atoms with Crippen molar-refractivity contribution in [2.24, 2.45) is 17.6 Å². The Hall–Kier alpha value is -0.570. The molecule has 1 fully saturated rings. The summed E-state index contributed by atoms with van der Waals surface area (Å²) in [7, 11) is 2.17. The van der Waals surface area contributed by atoms with E-state index < -0.39 is 0 Å². The molecule has 0 spiro atoms. The van der Waals surface area contributed by atoms with Crippen molar-refractivity contribution in [1.29, 1.82) is 5.41 Å². The van der Waals surface area contributed by atoms with Crippen LogP contribution in [0.3, 0.4) is 0 Å². The maximum absolute atomic E-state index is 7.23. The maximum atomic E-state index is 7.23. The van der Waals surface area contributed by atoms with Crippen LogP contribution in [0.25, 0.3) is 0 Å². The Morgan fingerprint density at radius 1 is 1.27 bits per heavy atom. The molecule has 88 valence electrons. The average Bonchev–Trinajstić information content (AvgIpc) is 2.12. The minimum Gasteiger partial charge on any atom is -0.388 e. The summed E-state index contributed by atoms with van der Waals surface area (Å²) in [4.78, 5) is 2.38. The molecule has 15 heavy (non-hydrogen) atoms. The summed E-state index contributed by atoms with van der Waals surface area (Å²) in [5.74, 6) is 2.00. The number of amidine groups is 1. The van der Waals surface area contributed by atoms with Crippen LogP contribution >= 0.6 is 0 Å². The fraction of sp³-hybridized carbons (Fsp3) is 0.917. The molecule has 1 aliphatic carbocycles. The molecular formula is C12H25N3. The lowest BCUT2D eigenvalue weighted by molar-refractivity contribution is 0.136. The lowest BCUT2D eigenvalue weighted by atomic mass is 9.80. The molecule has 0 heterocycles. The molecule has 1 saturated carbocycles. The summed E-state index contributed by atoms with van der Waals surface area (Å²) < 4.78 is 0. The first kappa shape index (κ1) is 12.5. The first-order valence-corrected chi connectivity index (χ1v) is 6.02. The fourth-order valence-electron chi connectivity index (χ4n) is 2.74. The summed E-state index contributed by atoms with van der Waals surface area (Å²) in [6, 6.07) is 0.697. The molecule has 0 aromatic carbocycles. The van der Waals surface area contributed by atoms with Crippen molar-refractivity contribution < 1.29 is 0 Å². The molecule has 0 amide bonds. The minimum atomic E-state index is 0.304. The van der Waals surface area contributed by atoms with Crippen LogP contribution in [0.5, 0.6) is 0 Å². The third-order valence-electron chi connectivity index (χ3n) is 3.51. The van der Waals surface area contributed by atoms with E-state index in [-0.39, 0.29) is 0 Å². The van der Waals surface area contributed by atoms with Gasteiger partial charge in [0, 0.05) is 19.0 Å². The predicted molar refractivity (Wildman–Crippen MR) is 65.1 cm³/mol. The van der Waals surface area contributed by atoms with Gasteiger partial charge in [-0.15, -0.1) is 0 Å². The molecule has 3 N–H and O–H groups in total. The van der Waals surface area contributed by atoms with Crippen LogP contribution in [0.1, 0.15) is 39.5 Å². The van der Waals surface area contributed by atoms with Gasteiger partial charge >= 0.3 is 0 Å². The Kier molecular flexibility index (Phi) is 4.58. The monoisotopic (exact) mass is 211 g/mol. The number of rotatable bonds is 4. The van der Waals surface area contributed by atoms with Gasteiger partial charge in [0.05, 0.1) is 5.84 Å². The number of hydrogen-bond acceptors (Lipinski definition) is 2. The molecule has 1 aliphatic rings. The van der Waals surface area contributed by atoms with Gasteiger partial charge in [-0.1, -0.05) is 13.8 Å². The zero-order valence-corrected chi connectivity index (χ0v) is 10.3. The van der Waals surface area contributed by atoms with E-state index in [0.717, 1.165) is 18.4 Å². The quantitative estimate of drug-likeness (QED) is 0.552. The first-order valence-electron chi connectivity index (χ1n) is 6.02.